The van der Waals surface area contributed by atoms with Crippen LogP contribution in [0.1, 0.15) is 99.8 Å². The van der Waals surface area contributed by atoms with Gasteiger partial charge in [-0.1, -0.05) is 34.6 Å². The third kappa shape index (κ3) is 5.17. The van der Waals surface area contributed by atoms with E-state index in [0.717, 1.165) is 32.1 Å². The Morgan fingerprint density at radius 2 is 1.51 bits per heavy atom. The van der Waals surface area contributed by atoms with Crippen molar-refractivity contribution in [1.29, 1.82) is 0 Å². The van der Waals surface area contributed by atoms with Crippen molar-refractivity contribution in [3.8, 4) is 0 Å². The van der Waals surface area contributed by atoms with Crippen molar-refractivity contribution in [2.24, 2.45) is 50.7 Å². The summed E-state index contributed by atoms with van der Waals surface area (Å²) in [4.78, 5) is 13.6. The molecule has 0 aromatic rings. The number of fused-ring (bicyclic) bond motifs is 4. The number of carbonyl (C=O) groups excluding carboxylic acids is 1. The lowest BCUT2D eigenvalue weighted by atomic mass is 9.41. The van der Waals surface area contributed by atoms with E-state index in [1.807, 2.05) is 0 Å². The van der Waals surface area contributed by atoms with Gasteiger partial charge >= 0.3 is 0 Å². The highest BCUT2D eigenvalue weighted by atomic mass is 32.1. The van der Waals surface area contributed by atoms with Gasteiger partial charge in [-0.05, 0) is 175 Å². The molecule has 2 heterocycles. The second-order valence-corrected chi connectivity index (χ2v) is 19.2. The van der Waals surface area contributed by atoms with Gasteiger partial charge in [0.25, 0.3) is 0 Å². The summed E-state index contributed by atoms with van der Waals surface area (Å²) in [6.07, 6.45) is 5.25. The molecule has 0 aromatic heterocycles. The third-order valence-corrected chi connectivity index (χ3v) is 17.4. The van der Waals surface area contributed by atoms with Crippen molar-refractivity contribution < 1.29 is 39.9 Å². The lowest BCUT2D eigenvalue weighted by molar-refractivity contribution is -0.288. The third-order valence-electron chi connectivity index (χ3n) is 16.0. The van der Waals surface area contributed by atoms with Crippen LogP contribution in [0.25, 0.3) is 0 Å². The lowest BCUT2D eigenvalue weighted by Gasteiger charge is -2.64. The summed E-state index contributed by atoms with van der Waals surface area (Å²) in [5, 5.41) is 0. The number of ketones is 1. The first-order chi connectivity index (χ1) is 23.1. The highest BCUT2D eigenvalue weighted by molar-refractivity contribution is 7.75. The van der Waals surface area contributed by atoms with Crippen molar-refractivity contribution in [2.75, 3.05) is 6.61 Å². The fraction of sp³-hybridized carbons (Fsp3) is 0.971. The van der Waals surface area contributed by atoms with Gasteiger partial charge in [0.15, 0.2) is 18.2 Å². The van der Waals surface area contributed by atoms with Crippen LogP contribution in [0.5, 0.6) is 0 Å². The predicted octanol–water partition coefficient (Wildman–Crippen LogP) is 7.31. The Hall–Kier alpha value is 1.10. The van der Waals surface area contributed by atoms with E-state index in [9.17, 15) is 4.79 Å². The molecular formula is C35H56O9S5. The zero-order valence-electron chi connectivity index (χ0n) is 29.7. The van der Waals surface area contributed by atoms with E-state index >= 15 is 0 Å². The molecule has 0 aromatic carbocycles. The molecule has 2 saturated heterocycles. The Morgan fingerprint density at radius 1 is 0.837 bits per heavy atom. The minimum Gasteiger partial charge on any atom is -0.364 e. The van der Waals surface area contributed by atoms with Crippen LogP contribution in [-0.2, 0) is 39.9 Å². The second kappa shape index (κ2) is 13.1. The molecule has 2 spiro atoms. The van der Waals surface area contributed by atoms with Gasteiger partial charge in [0, 0.05) is 5.41 Å². The molecule has 5 aliphatic carbocycles. The van der Waals surface area contributed by atoms with Gasteiger partial charge in [-0.3, -0.25) is 4.79 Å². The van der Waals surface area contributed by atoms with Crippen LogP contribution in [0.3, 0.4) is 0 Å². The molecule has 0 amide bonds. The number of ether oxygens (including phenoxy) is 3. The number of thiol groups is 5. The van der Waals surface area contributed by atoms with E-state index in [-0.39, 0.29) is 63.7 Å². The Morgan fingerprint density at radius 3 is 2.14 bits per heavy atom. The van der Waals surface area contributed by atoms with Gasteiger partial charge in [0.05, 0.1) is 18.8 Å². The number of carbonyl (C=O) groups is 1. The van der Waals surface area contributed by atoms with Crippen LogP contribution < -0.4 is 0 Å². The molecule has 7 rings (SSSR count). The van der Waals surface area contributed by atoms with E-state index in [0.29, 0.717) is 24.2 Å². The molecule has 0 radical (unpaired) electrons. The van der Waals surface area contributed by atoms with Crippen molar-refractivity contribution in [2.45, 2.75) is 154 Å². The highest BCUT2D eigenvalue weighted by Crippen LogP contribution is 2.89. The van der Waals surface area contributed by atoms with Gasteiger partial charge in [-0.15, -0.1) is 0 Å². The maximum Gasteiger partial charge on any atom is 0.193 e. The molecule has 0 N–H and O–H groups in total. The Kier molecular flexibility index (Phi) is 10.3. The Labute approximate surface area is 320 Å². The van der Waals surface area contributed by atoms with Crippen molar-refractivity contribution in [3.05, 3.63) is 0 Å². The largest absolute Gasteiger partial charge is 0.364 e. The Bertz CT molecular complexity index is 1290. The summed E-state index contributed by atoms with van der Waals surface area (Å²) >= 11 is 20.8. The predicted molar refractivity (Wildman–Crippen MR) is 199 cm³/mol. The molecule has 14 heteroatoms. The van der Waals surface area contributed by atoms with Crippen molar-refractivity contribution >= 4 is 70.3 Å². The monoisotopic (exact) mass is 780 g/mol. The SMILES string of the molecule is C[C@@H]1C[C@H](C(=O)C(C)(C)OS)OC2C1[C@@]1(C)CC[C@@]34C[C@@]35CC[C@H](OC3OC[C@@H](OS)[C@H](OS)[C@H]3OS)C(C)(C)[C@@H]5CC[C@H]4[C@]1(C)[C@H]2OS. The van der Waals surface area contributed by atoms with E-state index < -0.39 is 36.3 Å². The first-order valence-corrected chi connectivity index (χ1v) is 19.9. The lowest BCUT2D eigenvalue weighted by Crippen LogP contribution is -2.61. The molecule has 0 bridgehead atoms. The molecule has 7 aliphatic rings. The smallest absolute Gasteiger partial charge is 0.193 e. The van der Waals surface area contributed by atoms with E-state index in [4.69, 9.17) is 35.1 Å². The standard InChI is InChI=1S/C35H56O9S5/c1-17-14-18(27(36)31(4,5)44-49)38-25-23(17)32(6)12-13-35-16-34(35)11-10-22(39-29-26(42-47)24(41-46)19(40-45)15-37-29)30(2,3)20(34)8-9-21(35)33(32,7)28(25)43-48/h17-26,28-29,45-49H,8-16H2,1-7H3/t17-,18-,19-,20+,21+,22+,23?,24+,25?,26-,28+,29?,32-,33-,34-,35+/m1/s1. The molecule has 7 fully saturated rings. The van der Waals surface area contributed by atoms with Crippen LogP contribution >= 0.6 is 64.5 Å². The summed E-state index contributed by atoms with van der Waals surface area (Å²) < 4.78 is 47.6. The minimum atomic E-state index is -1.04. The fourth-order valence-electron chi connectivity index (χ4n) is 13.6. The number of rotatable bonds is 9. The zero-order chi connectivity index (χ0) is 35.5. The molecule has 16 atom stereocenters. The minimum absolute atomic E-state index is 0.00316. The maximum atomic E-state index is 13.6. The van der Waals surface area contributed by atoms with E-state index in [1.54, 1.807) is 13.8 Å². The normalized spacial score (nSPS) is 53.1. The molecule has 49 heavy (non-hydrogen) atoms. The summed E-state index contributed by atoms with van der Waals surface area (Å²) in [7, 11) is 0. The first kappa shape index (κ1) is 38.4. The van der Waals surface area contributed by atoms with Crippen LogP contribution in [0.4, 0.5) is 0 Å². The topological polar surface area (TPSA) is 90.9 Å². The molecule has 3 unspecified atom stereocenters. The first-order valence-electron chi connectivity index (χ1n) is 18.1. The fourth-order valence-corrected chi connectivity index (χ4v) is 14.7. The van der Waals surface area contributed by atoms with Crippen molar-refractivity contribution in [3.63, 3.8) is 0 Å². The summed E-state index contributed by atoms with van der Waals surface area (Å²) in [6, 6.07) is 0. The average Bonchev–Trinajstić information content (AvgIpc) is 3.69. The Balaban J connectivity index is 1.14. The van der Waals surface area contributed by atoms with E-state index in [1.165, 1.54) is 12.8 Å². The number of hydrogen-bond acceptors (Lipinski definition) is 14. The van der Waals surface area contributed by atoms with E-state index in [2.05, 4.69) is 99.2 Å². The number of Topliss-reactive ketones (excluding diaryl/α,β-unsaturated/α-hetero) is 1. The highest BCUT2D eigenvalue weighted by Gasteiger charge is 2.85. The van der Waals surface area contributed by atoms with Crippen LogP contribution in [0.15, 0.2) is 0 Å². The van der Waals surface area contributed by atoms with Crippen LogP contribution in [-0.4, -0.2) is 67.0 Å². The summed E-state index contributed by atoms with van der Waals surface area (Å²) in [5.74, 6) is 1.49. The maximum absolute atomic E-state index is 13.6. The van der Waals surface area contributed by atoms with Gasteiger partial charge in [-0.25, -0.2) is 0 Å². The van der Waals surface area contributed by atoms with Gasteiger partial charge < -0.3 is 35.1 Å². The summed E-state index contributed by atoms with van der Waals surface area (Å²) in [6.45, 7) is 15.8. The molecule has 9 nitrogen and oxygen atoms in total. The quantitative estimate of drug-likeness (QED) is 0.0940. The van der Waals surface area contributed by atoms with Gasteiger partial charge in [0.1, 0.15) is 30.0 Å². The van der Waals surface area contributed by atoms with Crippen LogP contribution in [0.2, 0.25) is 0 Å². The van der Waals surface area contributed by atoms with Gasteiger partial charge in [0.2, 0.25) is 0 Å². The van der Waals surface area contributed by atoms with Gasteiger partial charge in [-0.2, -0.15) is 0 Å². The summed E-state index contributed by atoms with van der Waals surface area (Å²) in [5.41, 5.74) is -0.794. The molecule has 5 saturated carbocycles. The van der Waals surface area contributed by atoms with Crippen LogP contribution in [0, 0.1) is 50.7 Å². The second-order valence-electron chi connectivity index (χ2n) is 18.2. The number of hydrogen-bond donors (Lipinski definition) is 5. The molecule has 280 valence electrons. The molecule has 2 aliphatic heterocycles. The zero-order valence-corrected chi connectivity index (χ0v) is 34.2. The molecular weight excluding hydrogens is 725 g/mol. The van der Waals surface area contributed by atoms with Crippen molar-refractivity contribution in [1.82, 2.24) is 0 Å². The average molecular weight is 781 g/mol.